The molecule has 0 aliphatic carbocycles. The first-order chi connectivity index (χ1) is 16.5. The van der Waals surface area contributed by atoms with Gasteiger partial charge in [0.15, 0.2) is 5.82 Å². The normalized spacial score (nSPS) is 13.9. The number of hydrogen-bond acceptors (Lipinski definition) is 6. The molecule has 0 N–H and O–H groups in total. The highest BCUT2D eigenvalue weighted by atomic mass is 35.5. The maximum atomic E-state index is 13.2. The molecule has 1 aliphatic rings. The Morgan fingerprint density at radius 2 is 1.71 bits per heavy atom. The van der Waals surface area contributed by atoms with E-state index in [9.17, 15) is 4.79 Å². The molecule has 5 rings (SSSR count). The summed E-state index contributed by atoms with van der Waals surface area (Å²) in [5.74, 6) is 0.817. The minimum Gasteiger partial charge on any atom is -0.352 e. The maximum absolute atomic E-state index is 13.2. The average Bonchev–Trinajstić information content (AvgIpc) is 3.26. The fourth-order valence-corrected chi connectivity index (χ4v) is 5.46. The van der Waals surface area contributed by atoms with E-state index in [1.807, 2.05) is 60.4 Å². The number of benzene rings is 2. The summed E-state index contributed by atoms with van der Waals surface area (Å²) in [4.78, 5) is 22.6. The van der Waals surface area contributed by atoms with Gasteiger partial charge in [0.1, 0.15) is 9.88 Å². The molecule has 6 nitrogen and oxygen atoms in total. The summed E-state index contributed by atoms with van der Waals surface area (Å²) < 4.78 is 0. The van der Waals surface area contributed by atoms with Crippen molar-refractivity contribution < 1.29 is 4.79 Å². The molecule has 2 aromatic heterocycles. The van der Waals surface area contributed by atoms with Crippen LogP contribution in [-0.4, -0.2) is 52.2 Å². The van der Waals surface area contributed by atoms with Crippen LogP contribution in [0.4, 0.5) is 5.82 Å². The summed E-state index contributed by atoms with van der Waals surface area (Å²) in [5.41, 5.74) is 3.28. The average molecular weight is 510 g/mol. The second-order valence-electron chi connectivity index (χ2n) is 7.98. The quantitative estimate of drug-likeness (QED) is 0.345. The van der Waals surface area contributed by atoms with Gasteiger partial charge < -0.3 is 9.80 Å². The smallest absolute Gasteiger partial charge is 0.265 e. The number of carbonyl (C=O) groups is 1. The van der Waals surface area contributed by atoms with E-state index in [2.05, 4.69) is 20.1 Å². The highest BCUT2D eigenvalue weighted by Gasteiger charge is 2.26. The van der Waals surface area contributed by atoms with Crippen LogP contribution >= 0.6 is 34.5 Å². The number of rotatable bonds is 4. The van der Waals surface area contributed by atoms with Crippen molar-refractivity contribution in [3.63, 3.8) is 0 Å². The first-order valence-electron chi connectivity index (χ1n) is 10.9. The van der Waals surface area contributed by atoms with Crippen molar-refractivity contribution in [3.05, 3.63) is 81.3 Å². The molecule has 9 heteroatoms. The van der Waals surface area contributed by atoms with Gasteiger partial charge >= 0.3 is 0 Å². The van der Waals surface area contributed by atoms with Gasteiger partial charge in [-0.05, 0) is 37.3 Å². The zero-order valence-electron chi connectivity index (χ0n) is 18.4. The highest BCUT2D eigenvalue weighted by molar-refractivity contribution is 7.17. The Morgan fingerprint density at radius 1 is 0.941 bits per heavy atom. The van der Waals surface area contributed by atoms with Gasteiger partial charge in [-0.15, -0.1) is 21.5 Å². The minimum absolute atomic E-state index is 0.0376. The van der Waals surface area contributed by atoms with E-state index >= 15 is 0 Å². The number of aryl methyl sites for hydroxylation is 1. The molecule has 1 fully saturated rings. The number of piperazine rings is 1. The van der Waals surface area contributed by atoms with Crippen LogP contribution in [0.1, 0.15) is 15.4 Å². The zero-order valence-corrected chi connectivity index (χ0v) is 20.7. The Morgan fingerprint density at radius 3 is 2.38 bits per heavy atom. The fourth-order valence-electron chi connectivity index (χ4n) is 3.92. The molecule has 0 radical (unpaired) electrons. The molecule has 3 heterocycles. The molecule has 4 aromatic rings. The minimum atomic E-state index is 0.0376. The third kappa shape index (κ3) is 4.64. The van der Waals surface area contributed by atoms with Gasteiger partial charge in [-0.25, -0.2) is 4.98 Å². The highest BCUT2D eigenvalue weighted by Crippen LogP contribution is 2.30. The molecular weight excluding hydrogens is 489 g/mol. The van der Waals surface area contributed by atoms with Crippen LogP contribution in [0.5, 0.6) is 0 Å². The van der Waals surface area contributed by atoms with Gasteiger partial charge in [0, 0.05) is 42.3 Å². The van der Waals surface area contributed by atoms with Crippen LogP contribution < -0.4 is 4.90 Å². The molecule has 0 bridgehead atoms. The molecule has 172 valence electrons. The number of aromatic nitrogens is 3. The van der Waals surface area contributed by atoms with E-state index in [0.717, 1.165) is 27.6 Å². The van der Waals surface area contributed by atoms with Gasteiger partial charge in [-0.2, -0.15) is 0 Å². The number of carbonyl (C=O) groups excluding carboxylic acids is 1. The van der Waals surface area contributed by atoms with E-state index in [1.54, 1.807) is 12.1 Å². The van der Waals surface area contributed by atoms with E-state index in [0.29, 0.717) is 46.8 Å². The number of thiazole rings is 1. The SMILES string of the molecule is Cc1nc(-c2ccccc2)sc1C(=O)N1CCN(c2ccc(-c3ccc(Cl)cc3Cl)nn2)CC1. The molecule has 0 spiro atoms. The second-order valence-corrected chi connectivity index (χ2v) is 9.82. The van der Waals surface area contributed by atoms with Crippen molar-refractivity contribution in [3.8, 4) is 21.8 Å². The Bertz CT molecular complexity index is 1320. The van der Waals surface area contributed by atoms with Crippen molar-refractivity contribution in [2.45, 2.75) is 6.92 Å². The number of hydrogen-bond donors (Lipinski definition) is 0. The first-order valence-corrected chi connectivity index (χ1v) is 12.4. The molecule has 0 unspecified atom stereocenters. The molecule has 1 aliphatic heterocycles. The predicted octanol–water partition coefficient (Wildman–Crippen LogP) is 5.84. The molecular formula is C25H21Cl2N5OS. The van der Waals surface area contributed by atoms with E-state index in [-0.39, 0.29) is 5.91 Å². The summed E-state index contributed by atoms with van der Waals surface area (Å²) >= 11 is 13.7. The lowest BCUT2D eigenvalue weighted by Crippen LogP contribution is -2.49. The van der Waals surface area contributed by atoms with Crippen molar-refractivity contribution in [2.75, 3.05) is 31.1 Å². The lowest BCUT2D eigenvalue weighted by atomic mass is 10.1. The van der Waals surface area contributed by atoms with Crippen LogP contribution in [0.3, 0.4) is 0 Å². The topological polar surface area (TPSA) is 62.2 Å². The summed E-state index contributed by atoms with van der Waals surface area (Å²) in [6.45, 7) is 4.50. The largest absolute Gasteiger partial charge is 0.352 e. The zero-order chi connectivity index (χ0) is 23.7. The van der Waals surface area contributed by atoms with E-state index in [1.165, 1.54) is 11.3 Å². The van der Waals surface area contributed by atoms with Crippen LogP contribution in [0.25, 0.3) is 21.8 Å². The van der Waals surface area contributed by atoms with E-state index < -0.39 is 0 Å². The maximum Gasteiger partial charge on any atom is 0.265 e. The van der Waals surface area contributed by atoms with Gasteiger partial charge in [0.05, 0.1) is 16.4 Å². The molecule has 34 heavy (non-hydrogen) atoms. The molecule has 0 saturated carbocycles. The molecule has 1 saturated heterocycles. The molecule has 1 amide bonds. The lowest BCUT2D eigenvalue weighted by molar-refractivity contribution is 0.0750. The Labute approximate surface area is 211 Å². The lowest BCUT2D eigenvalue weighted by Gasteiger charge is -2.35. The van der Waals surface area contributed by atoms with E-state index in [4.69, 9.17) is 23.2 Å². The first kappa shape index (κ1) is 22.8. The summed E-state index contributed by atoms with van der Waals surface area (Å²) in [7, 11) is 0. The summed E-state index contributed by atoms with van der Waals surface area (Å²) in [6.07, 6.45) is 0. The van der Waals surface area contributed by atoms with Crippen molar-refractivity contribution in [2.24, 2.45) is 0 Å². The Hall–Kier alpha value is -3.00. The Balaban J connectivity index is 1.24. The number of anilines is 1. The number of halogens is 2. The van der Waals surface area contributed by atoms with Gasteiger partial charge in [-0.1, -0.05) is 53.5 Å². The van der Waals surface area contributed by atoms with Crippen LogP contribution in [0, 0.1) is 6.92 Å². The van der Waals surface area contributed by atoms with Crippen molar-refractivity contribution in [1.29, 1.82) is 0 Å². The number of nitrogens with zero attached hydrogens (tertiary/aromatic N) is 5. The molecule has 2 aromatic carbocycles. The molecule has 0 atom stereocenters. The van der Waals surface area contributed by atoms with Gasteiger partial charge in [0.2, 0.25) is 0 Å². The van der Waals surface area contributed by atoms with Crippen LogP contribution in [-0.2, 0) is 0 Å². The number of amides is 1. The summed E-state index contributed by atoms with van der Waals surface area (Å²) in [5, 5.41) is 10.7. The third-order valence-corrected chi connectivity index (χ3v) is 7.50. The fraction of sp³-hybridized carbons (Fsp3) is 0.200. The van der Waals surface area contributed by atoms with Crippen LogP contribution in [0.2, 0.25) is 10.0 Å². The third-order valence-electron chi connectivity index (χ3n) is 5.76. The predicted molar refractivity (Wildman–Crippen MR) is 138 cm³/mol. The monoisotopic (exact) mass is 509 g/mol. The summed E-state index contributed by atoms with van der Waals surface area (Å²) in [6, 6.07) is 19.1. The second kappa shape index (κ2) is 9.70. The van der Waals surface area contributed by atoms with Gasteiger partial charge in [-0.3, -0.25) is 4.79 Å². The Kier molecular flexibility index (Phi) is 6.50. The van der Waals surface area contributed by atoms with Crippen molar-refractivity contribution >= 4 is 46.3 Å². The van der Waals surface area contributed by atoms with Crippen molar-refractivity contribution in [1.82, 2.24) is 20.1 Å². The van der Waals surface area contributed by atoms with Crippen LogP contribution in [0.15, 0.2) is 60.7 Å². The van der Waals surface area contributed by atoms with Gasteiger partial charge in [0.25, 0.3) is 5.91 Å². The standard InChI is InChI=1S/C25H21Cl2N5OS/c1-16-23(34-24(28-16)17-5-3-2-4-6-17)25(33)32-13-11-31(12-14-32)22-10-9-21(29-30-22)19-8-7-18(26)15-20(19)27/h2-10,15H,11-14H2,1H3.